The Kier molecular flexibility index (Phi) is 4.17. The van der Waals surface area contributed by atoms with E-state index in [1.54, 1.807) is 24.7 Å². The lowest BCUT2D eigenvalue weighted by molar-refractivity contribution is 0.386. The van der Waals surface area contributed by atoms with Crippen LogP contribution >= 0.6 is 11.3 Å². The lowest BCUT2D eigenvalue weighted by atomic mass is 9.93. The van der Waals surface area contributed by atoms with E-state index in [2.05, 4.69) is 16.4 Å². The monoisotopic (exact) mass is 307 g/mol. The van der Waals surface area contributed by atoms with Crippen LogP contribution in [-0.2, 0) is 13.0 Å². The Morgan fingerprint density at radius 1 is 1.52 bits per heavy atom. The lowest BCUT2D eigenvalue weighted by Gasteiger charge is -2.22. The summed E-state index contributed by atoms with van der Waals surface area (Å²) in [6, 6.07) is 2.45. The minimum atomic E-state index is 0.363. The van der Waals surface area contributed by atoms with Crippen molar-refractivity contribution in [3.8, 4) is 5.88 Å². The molecule has 5 nitrogen and oxygen atoms in total. The van der Waals surface area contributed by atoms with Crippen molar-refractivity contribution >= 4 is 16.5 Å². The standard InChI is InChI=1S/C15H21N3O2S/c1-18(2)15-17-14(19-3)13(21-15)9-16-11-5-4-6-12-10(11)7-8-20-12/h7-8,11,16H,4-6,9H2,1-3H3. The quantitative estimate of drug-likeness (QED) is 0.920. The van der Waals surface area contributed by atoms with E-state index >= 15 is 0 Å². The molecule has 0 fully saturated rings. The third kappa shape index (κ3) is 2.91. The number of rotatable bonds is 5. The summed E-state index contributed by atoms with van der Waals surface area (Å²) in [5.41, 5.74) is 1.30. The average molecular weight is 307 g/mol. The van der Waals surface area contributed by atoms with Crippen molar-refractivity contribution in [1.82, 2.24) is 10.3 Å². The van der Waals surface area contributed by atoms with Crippen molar-refractivity contribution in [1.29, 1.82) is 0 Å². The second kappa shape index (κ2) is 6.07. The Hall–Kier alpha value is -1.53. The van der Waals surface area contributed by atoms with E-state index in [0.29, 0.717) is 6.04 Å². The van der Waals surface area contributed by atoms with Gasteiger partial charge in [-0.1, -0.05) is 11.3 Å². The smallest absolute Gasteiger partial charge is 0.230 e. The Labute approximate surface area is 128 Å². The minimum Gasteiger partial charge on any atom is -0.480 e. The van der Waals surface area contributed by atoms with Gasteiger partial charge in [0.25, 0.3) is 0 Å². The number of hydrogen-bond donors (Lipinski definition) is 1. The molecular formula is C15H21N3O2S. The van der Waals surface area contributed by atoms with Gasteiger partial charge in [-0.05, 0) is 18.9 Å². The van der Waals surface area contributed by atoms with Gasteiger partial charge >= 0.3 is 0 Å². The second-order valence-corrected chi connectivity index (χ2v) is 6.51. The normalized spacial score (nSPS) is 17.6. The van der Waals surface area contributed by atoms with Crippen molar-refractivity contribution in [3.63, 3.8) is 0 Å². The van der Waals surface area contributed by atoms with E-state index in [4.69, 9.17) is 9.15 Å². The Morgan fingerprint density at radius 2 is 2.38 bits per heavy atom. The van der Waals surface area contributed by atoms with Crippen molar-refractivity contribution in [3.05, 3.63) is 28.5 Å². The molecule has 0 spiro atoms. The van der Waals surface area contributed by atoms with Gasteiger partial charge in [0, 0.05) is 38.7 Å². The molecule has 0 saturated heterocycles. The van der Waals surface area contributed by atoms with E-state index in [-0.39, 0.29) is 0 Å². The molecule has 0 aromatic carbocycles. The molecule has 0 amide bonds. The fraction of sp³-hybridized carbons (Fsp3) is 0.533. The van der Waals surface area contributed by atoms with E-state index in [1.807, 2.05) is 19.0 Å². The molecule has 1 unspecified atom stereocenters. The highest BCUT2D eigenvalue weighted by Gasteiger charge is 2.23. The van der Waals surface area contributed by atoms with E-state index in [1.165, 1.54) is 12.0 Å². The molecule has 2 heterocycles. The molecule has 0 aliphatic heterocycles. The van der Waals surface area contributed by atoms with Gasteiger partial charge in [-0.25, -0.2) is 0 Å². The molecule has 21 heavy (non-hydrogen) atoms. The van der Waals surface area contributed by atoms with Gasteiger partial charge in [0.15, 0.2) is 5.13 Å². The van der Waals surface area contributed by atoms with Crippen molar-refractivity contribution < 1.29 is 9.15 Å². The summed E-state index contributed by atoms with van der Waals surface area (Å²) < 4.78 is 10.9. The minimum absolute atomic E-state index is 0.363. The maximum absolute atomic E-state index is 5.54. The highest BCUT2D eigenvalue weighted by molar-refractivity contribution is 7.15. The molecule has 2 aromatic rings. The summed E-state index contributed by atoms with van der Waals surface area (Å²) in [5.74, 6) is 1.85. The number of nitrogens with zero attached hydrogens (tertiary/aromatic N) is 2. The van der Waals surface area contributed by atoms with E-state index < -0.39 is 0 Å². The van der Waals surface area contributed by atoms with Gasteiger partial charge in [0.1, 0.15) is 5.76 Å². The van der Waals surface area contributed by atoms with Crippen molar-refractivity contribution in [2.75, 3.05) is 26.1 Å². The number of ether oxygens (including phenoxy) is 1. The first-order chi connectivity index (χ1) is 10.2. The fourth-order valence-corrected chi connectivity index (χ4v) is 3.61. The summed E-state index contributed by atoms with van der Waals surface area (Å²) in [4.78, 5) is 7.63. The van der Waals surface area contributed by atoms with Crippen LogP contribution in [0, 0.1) is 0 Å². The molecule has 0 radical (unpaired) electrons. The topological polar surface area (TPSA) is 50.5 Å². The number of thiazole rings is 1. The van der Waals surface area contributed by atoms with Gasteiger partial charge in [0.2, 0.25) is 5.88 Å². The molecular weight excluding hydrogens is 286 g/mol. The summed E-state index contributed by atoms with van der Waals surface area (Å²) in [6.45, 7) is 0.768. The fourth-order valence-electron chi connectivity index (χ4n) is 2.70. The molecule has 3 rings (SSSR count). The third-order valence-electron chi connectivity index (χ3n) is 3.79. The molecule has 0 saturated carbocycles. The van der Waals surface area contributed by atoms with Gasteiger partial charge in [-0.3, -0.25) is 0 Å². The Balaban J connectivity index is 1.71. The van der Waals surface area contributed by atoms with Crippen LogP contribution in [0.5, 0.6) is 5.88 Å². The molecule has 6 heteroatoms. The third-order valence-corrected chi connectivity index (χ3v) is 4.99. The zero-order valence-electron chi connectivity index (χ0n) is 12.7. The number of furan rings is 1. The number of anilines is 1. The molecule has 0 bridgehead atoms. The highest BCUT2D eigenvalue weighted by atomic mass is 32.1. The predicted molar refractivity (Wildman–Crippen MR) is 84.2 cm³/mol. The van der Waals surface area contributed by atoms with Crippen LogP contribution in [0.2, 0.25) is 0 Å². The summed E-state index contributed by atoms with van der Waals surface area (Å²) in [7, 11) is 5.66. The number of fused-ring (bicyclic) bond motifs is 1. The van der Waals surface area contributed by atoms with Crippen LogP contribution < -0.4 is 15.0 Å². The van der Waals surface area contributed by atoms with Crippen molar-refractivity contribution in [2.45, 2.75) is 31.8 Å². The molecule has 1 aliphatic rings. The van der Waals surface area contributed by atoms with Crippen LogP contribution in [-0.4, -0.2) is 26.2 Å². The van der Waals surface area contributed by atoms with Gasteiger partial charge in [-0.2, -0.15) is 4.98 Å². The van der Waals surface area contributed by atoms with Crippen LogP contribution in [0.1, 0.15) is 35.1 Å². The summed E-state index contributed by atoms with van der Waals surface area (Å²) in [6.07, 6.45) is 5.16. The maximum Gasteiger partial charge on any atom is 0.230 e. The first kappa shape index (κ1) is 14.4. The van der Waals surface area contributed by atoms with Crippen molar-refractivity contribution in [2.24, 2.45) is 0 Å². The Morgan fingerprint density at radius 3 is 3.14 bits per heavy atom. The first-order valence-corrected chi connectivity index (χ1v) is 8.01. The molecule has 2 aromatic heterocycles. The van der Waals surface area contributed by atoms with Crippen LogP contribution in [0.4, 0.5) is 5.13 Å². The molecule has 114 valence electrons. The Bertz CT molecular complexity index is 606. The lowest BCUT2D eigenvalue weighted by Crippen LogP contribution is -2.23. The maximum atomic E-state index is 5.54. The SMILES string of the molecule is COc1nc(N(C)C)sc1CNC1CCCc2occc21. The van der Waals surface area contributed by atoms with E-state index in [0.717, 1.165) is 41.0 Å². The largest absolute Gasteiger partial charge is 0.480 e. The highest BCUT2D eigenvalue weighted by Crippen LogP contribution is 2.33. The predicted octanol–water partition coefficient (Wildman–Crippen LogP) is 2.98. The van der Waals surface area contributed by atoms with Gasteiger partial charge < -0.3 is 19.4 Å². The van der Waals surface area contributed by atoms with E-state index in [9.17, 15) is 0 Å². The van der Waals surface area contributed by atoms with Gasteiger partial charge in [0.05, 0.1) is 18.3 Å². The number of hydrogen-bond acceptors (Lipinski definition) is 6. The van der Waals surface area contributed by atoms with Crippen LogP contribution in [0.3, 0.4) is 0 Å². The summed E-state index contributed by atoms with van der Waals surface area (Å²) >= 11 is 1.67. The molecule has 1 aliphatic carbocycles. The van der Waals surface area contributed by atoms with Crippen LogP contribution in [0.25, 0.3) is 0 Å². The molecule has 1 N–H and O–H groups in total. The first-order valence-electron chi connectivity index (χ1n) is 7.19. The number of aryl methyl sites for hydroxylation is 1. The zero-order chi connectivity index (χ0) is 14.8. The number of methoxy groups -OCH3 is 1. The van der Waals surface area contributed by atoms with Gasteiger partial charge in [-0.15, -0.1) is 0 Å². The number of aromatic nitrogens is 1. The zero-order valence-corrected chi connectivity index (χ0v) is 13.5. The molecule has 1 atom stereocenters. The number of nitrogens with one attached hydrogen (secondary N) is 1. The second-order valence-electron chi connectivity index (χ2n) is 5.45. The van der Waals surface area contributed by atoms with Crippen LogP contribution in [0.15, 0.2) is 16.7 Å². The summed E-state index contributed by atoms with van der Waals surface area (Å²) in [5, 5.41) is 4.59. The average Bonchev–Trinajstić information content (AvgIpc) is 3.11.